The molecule has 11 heteroatoms. The molecule has 0 bridgehead atoms. The molecule has 2 aromatic heterocycles. The highest BCUT2D eigenvalue weighted by molar-refractivity contribution is 6.01. The van der Waals surface area contributed by atoms with E-state index in [1.807, 2.05) is 11.8 Å². The maximum absolute atomic E-state index is 16.8. The summed E-state index contributed by atoms with van der Waals surface area (Å²) in [6.07, 6.45) is 5.29. The monoisotopic (exact) mass is 621 g/mol. The van der Waals surface area contributed by atoms with Crippen LogP contribution in [0.15, 0.2) is 30.5 Å². The van der Waals surface area contributed by atoms with Gasteiger partial charge in [-0.15, -0.1) is 0 Å². The van der Waals surface area contributed by atoms with Crippen LogP contribution in [0, 0.1) is 11.6 Å². The number of fused-ring (bicyclic) bond motifs is 3. The molecule has 0 amide bonds. The molecule has 2 aromatic carbocycles. The molecular formula is C34H38F3N5O3. The van der Waals surface area contributed by atoms with Crippen LogP contribution < -0.4 is 9.64 Å². The Hall–Kier alpha value is -3.70. The molecule has 0 spiro atoms. The number of aromatic hydroxyl groups is 1. The number of aromatic nitrogens is 3. The van der Waals surface area contributed by atoms with E-state index in [1.165, 1.54) is 24.4 Å². The number of rotatable bonds is 6. The molecule has 0 aliphatic carbocycles. The smallest absolute Gasteiger partial charge is 0.319 e. The molecule has 2 N–H and O–H groups in total. The lowest BCUT2D eigenvalue weighted by atomic mass is 9.86. The van der Waals surface area contributed by atoms with E-state index in [-0.39, 0.29) is 47.2 Å². The van der Waals surface area contributed by atoms with Gasteiger partial charge in [0.05, 0.1) is 16.5 Å². The molecular weight excluding hydrogens is 583 g/mol. The molecule has 4 aromatic rings. The zero-order valence-electron chi connectivity index (χ0n) is 25.6. The predicted molar refractivity (Wildman–Crippen MR) is 166 cm³/mol. The minimum Gasteiger partial charge on any atom is -0.508 e. The van der Waals surface area contributed by atoms with Gasteiger partial charge in [-0.05, 0) is 92.9 Å². The number of phenols is 1. The van der Waals surface area contributed by atoms with Crippen LogP contribution >= 0.6 is 0 Å². The number of pyridine rings is 1. The molecule has 45 heavy (non-hydrogen) atoms. The van der Waals surface area contributed by atoms with E-state index in [2.05, 4.69) is 14.9 Å². The average Bonchev–Trinajstić information content (AvgIpc) is 3.42. The molecule has 7 rings (SSSR count). The first-order valence-corrected chi connectivity index (χ1v) is 15.9. The second kappa shape index (κ2) is 11.3. The minimum absolute atomic E-state index is 0.0107. The lowest BCUT2D eigenvalue weighted by molar-refractivity contribution is 0.00644. The normalized spacial score (nSPS) is 25.6. The van der Waals surface area contributed by atoms with Crippen molar-refractivity contribution in [3.05, 3.63) is 47.7 Å². The summed E-state index contributed by atoms with van der Waals surface area (Å²) in [4.78, 5) is 17.9. The fourth-order valence-corrected chi connectivity index (χ4v) is 7.70. The number of nitrogens with zero attached hydrogens (tertiary/aromatic N) is 5. The molecule has 238 valence electrons. The van der Waals surface area contributed by atoms with Crippen molar-refractivity contribution in [3.8, 4) is 23.0 Å². The number of aryl methyl sites for hydroxylation is 1. The van der Waals surface area contributed by atoms with Gasteiger partial charge in [-0.3, -0.25) is 9.88 Å². The van der Waals surface area contributed by atoms with Crippen LogP contribution in [0.1, 0.15) is 57.9 Å². The number of phenolic OH excluding ortho intramolecular Hbond substituents is 1. The third-order valence-electron chi connectivity index (χ3n) is 9.93. The molecule has 3 aliphatic rings. The van der Waals surface area contributed by atoms with Crippen molar-refractivity contribution in [2.45, 2.75) is 76.1 Å². The molecule has 3 aliphatic heterocycles. The van der Waals surface area contributed by atoms with Crippen LogP contribution in [0.4, 0.5) is 19.0 Å². The van der Waals surface area contributed by atoms with Gasteiger partial charge in [0.1, 0.15) is 41.4 Å². The van der Waals surface area contributed by atoms with Crippen molar-refractivity contribution in [1.29, 1.82) is 0 Å². The zero-order chi connectivity index (χ0) is 31.5. The van der Waals surface area contributed by atoms with Crippen LogP contribution in [-0.2, 0) is 6.42 Å². The number of halogens is 3. The first-order chi connectivity index (χ1) is 21.6. The Morgan fingerprint density at radius 2 is 1.91 bits per heavy atom. The van der Waals surface area contributed by atoms with Gasteiger partial charge in [-0.2, -0.15) is 9.97 Å². The van der Waals surface area contributed by atoms with E-state index < -0.39 is 23.4 Å². The Kier molecular flexibility index (Phi) is 7.51. The molecule has 3 saturated heterocycles. The summed E-state index contributed by atoms with van der Waals surface area (Å²) < 4.78 is 52.2. The first-order valence-electron chi connectivity index (χ1n) is 15.9. The Morgan fingerprint density at radius 3 is 2.71 bits per heavy atom. The number of β-amino-alcohol motifs (C(OH)–C–C–N with tert-alkyl or cyclic N) is 1. The van der Waals surface area contributed by atoms with Crippen molar-refractivity contribution in [3.63, 3.8) is 0 Å². The van der Waals surface area contributed by atoms with E-state index in [0.717, 1.165) is 19.4 Å². The number of aliphatic hydroxyl groups is 1. The van der Waals surface area contributed by atoms with Gasteiger partial charge in [-0.25, -0.2) is 13.2 Å². The van der Waals surface area contributed by atoms with E-state index in [0.29, 0.717) is 72.7 Å². The van der Waals surface area contributed by atoms with Gasteiger partial charge in [0.15, 0.2) is 5.82 Å². The van der Waals surface area contributed by atoms with E-state index in [4.69, 9.17) is 9.72 Å². The molecule has 0 saturated carbocycles. The topological polar surface area (TPSA) is 94.8 Å². The quantitative estimate of drug-likeness (QED) is 0.267. The van der Waals surface area contributed by atoms with Gasteiger partial charge in [0, 0.05) is 31.4 Å². The van der Waals surface area contributed by atoms with Gasteiger partial charge in [0.2, 0.25) is 0 Å². The van der Waals surface area contributed by atoms with Crippen LogP contribution in [0.25, 0.3) is 32.9 Å². The summed E-state index contributed by atoms with van der Waals surface area (Å²) in [5.41, 5.74) is -0.726. The SMILES string of the molecule is CCc1c(F)ccc2cc(O)cc(-c3ncc4c(N5CCC[C@@](C)(O)C5)nc(OC[C@@]56CCCN5C[C@H](F)CC6)nc4c3F)c12. The van der Waals surface area contributed by atoms with Crippen molar-refractivity contribution in [2.24, 2.45) is 0 Å². The summed E-state index contributed by atoms with van der Waals surface area (Å²) in [6.45, 7) is 5.89. The highest BCUT2D eigenvalue weighted by Gasteiger charge is 2.46. The van der Waals surface area contributed by atoms with Crippen molar-refractivity contribution >= 4 is 27.5 Å². The number of alkyl halides is 1. The van der Waals surface area contributed by atoms with Gasteiger partial charge in [0.25, 0.3) is 0 Å². The van der Waals surface area contributed by atoms with Crippen LogP contribution in [0.5, 0.6) is 11.8 Å². The maximum Gasteiger partial charge on any atom is 0.319 e. The number of piperidine rings is 2. The largest absolute Gasteiger partial charge is 0.508 e. The maximum atomic E-state index is 16.8. The van der Waals surface area contributed by atoms with Crippen LogP contribution in [-0.4, -0.2) is 80.2 Å². The number of anilines is 1. The number of hydrogen-bond donors (Lipinski definition) is 2. The van der Waals surface area contributed by atoms with Gasteiger partial charge < -0.3 is 19.8 Å². The Labute approximate surface area is 259 Å². The fraction of sp³-hybridized carbons (Fsp3) is 0.500. The molecule has 0 radical (unpaired) electrons. The number of hydrogen-bond acceptors (Lipinski definition) is 8. The molecule has 3 fully saturated rings. The van der Waals surface area contributed by atoms with E-state index in [1.54, 1.807) is 13.0 Å². The average molecular weight is 622 g/mol. The lowest BCUT2D eigenvalue weighted by Gasteiger charge is -2.43. The van der Waals surface area contributed by atoms with Crippen molar-refractivity contribution in [2.75, 3.05) is 37.7 Å². The summed E-state index contributed by atoms with van der Waals surface area (Å²) >= 11 is 0. The van der Waals surface area contributed by atoms with Gasteiger partial charge >= 0.3 is 6.01 Å². The Balaban J connectivity index is 1.37. The molecule has 8 nitrogen and oxygen atoms in total. The van der Waals surface area contributed by atoms with Gasteiger partial charge in [-0.1, -0.05) is 13.0 Å². The summed E-state index contributed by atoms with van der Waals surface area (Å²) in [5, 5.41) is 22.8. The van der Waals surface area contributed by atoms with E-state index in [9.17, 15) is 19.0 Å². The second-order valence-electron chi connectivity index (χ2n) is 13.2. The third kappa shape index (κ3) is 5.33. The zero-order valence-corrected chi connectivity index (χ0v) is 25.6. The van der Waals surface area contributed by atoms with E-state index >= 15 is 4.39 Å². The van der Waals surface area contributed by atoms with Crippen molar-refractivity contribution in [1.82, 2.24) is 19.9 Å². The fourth-order valence-electron chi connectivity index (χ4n) is 7.70. The predicted octanol–water partition coefficient (Wildman–Crippen LogP) is 6.09. The Morgan fingerprint density at radius 1 is 1.09 bits per heavy atom. The highest BCUT2D eigenvalue weighted by atomic mass is 19.1. The standard InChI is InChI=1S/C34H38F3N5O3/c1-3-23-26(36)7-6-20-14-22(43)15-24(27(20)23)29-28(37)30-25(16-38-29)31(41-12-4-9-33(2,44)18-41)40-32(39-30)45-19-34-10-5-13-42(34)17-21(35)8-11-34/h6-7,14-16,21,43-44H,3-5,8-13,17-19H2,1-2H3/t21-,33-,34+/m1/s1. The summed E-state index contributed by atoms with van der Waals surface area (Å²) in [5.74, 6) is -0.861. The second-order valence-corrected chi connectivity index (χ2v) is 13.2. The molecule has 3 atom stereocenters. The van der Waals surface area contributed by atoms with Crippen LogP contribution in [0.3, 0.4) is 0 Å². The van der Waals surface area contributed by atoms with Crippen LogP contribution in [0.2, 0.25) is 0 Å². The Bertz CT molecular complexity index is 1790. The minimum atomic E-state index is -0.960. The lowest BCUT2D eigenvalue weighted by Crippen LogP contribution is -2.54. The first kappa shape index (κ1) is 30.0. The number of benzene rings is 2. The van der Waals surface area contributed by atoms with Crippen molar-refractivity contribution < 1.29 is 28.1 Å². The molecule has 0 unspecified atom stereocenters. The summed E-state index contributed by atoms with van der Waals surface area (Å²) in [6, 6.07) is 5.81. The highest BCUT2D eigenvalue weighted by Crippen LogP contribution is 2.41. The summed E-state index contributed by atoms with van der Waals surface area (Å²) in [7, 11) is 0. The molecule has 5 heterocycles. The number of ether oxygens (including phenoxy) is 1. The third-order valence-corrected chi connectivity index (χ3v) is 9.93.